The average molecular weight is 248 g/mol. The van der Waals surface area contributed by atoms with E-state index in [0.717, 1.165) is 0 Å². The van der Waals surface area contributed by atoms with Crippen LogP contribution in [0.2, 0.25) is 0 Å². The molecule has 0 saturated heterocycles. The Morgan fingerprint density at radius 3 is 2.89 bits per heavy atom. The number of carbonyl (C=O) groups is 1. The fourth-order valence-corrected chi connectivity index (χ4v) is 1.87. The first-order valence-corrected chi connectivity index (χ1v) is 5.60. The number of rotatable bonds is 3. The van der Waals surface area contributed by atoms with Gasteiger partial charge in [-0.25, -0.2) is 9.18 Å². The Labute approximate surface area is 104 Å². The van der Waals surface area contributed by atoms with Crippen LogP contribution in [0.15, 0.2) is 23.1 Å². The second kappa shape index (κ2) is 4.64. The Bertz CT molecular complexity index is 625. The molecule has 4 heteroatoms. The van der Waals surface area contributed by atoms with E-state index in [9.17, 15) is 9.18 Å². The van der Waals surface area contributed by atoms with Crippen molar-refractivity contribution in [1.82, 2.24) is 0 Å². The van der Waals surface area contributed by atoms with Crippen molar-refractivity contribution >= 4 is 23.0 Å². The molecule has 0 radical (unpaired) electrons. The highest BCUT2D eigenvalue weighted by atomic mass is 19.1. The summed E-state index contributed by atoms with van der Waals surface area (Å²) in [5.74, 6) is -0.471. The molecule has 0 amide bonds. The normalized spacial score (nSPS) is 10.6. The largest absolute Gasteiger partial charge is 0.462 e. The molecule has 1 heterocycles. The maximum Gasteiger partial charge on any atom is 0.342 e. The van der Waals surface area contributed by atoms with Crippen molar-refractivity contribution in [2.24, 2.45) is 0 Å². The van der Waals surface area contributed by atoms with Gasteiger partial charge in [0.15, 0.2) is 0 Å². The number of hydrogen-bond acceptors (Lipinski definition) is 3. The van der Waals surface area contributed by atoms with E-state index in [-0.39, 0.29) is 6.61 Å². The summed E-state index contributed by atoms with van der Waals surface area (Å²) in [6.45, 7) is 7.18. The van der Waals surface area contributed by atoms with Gasteiger partial charge >= 0.3 is 5.97 Å². The van der Waals surface area contributed by atoms with Crippen molar-refractivity contribution in [2.45, 2.75) is 13.8 Å². The molecule has 2 rings (SSSR count). The third kappa shape index (κ3) is 1.90. The van der Waals surface area contributed by atoms with Gasteiger partial charge in [-0.3, -0.25) is 0 Å². The molecule has 3 nitrogen and oxygen atoms in total. The molecule has 0 aliphatic carbocycles. The van der Waals surface area contributed by atoms with E-state index in [0.29, 0.717) is 27.9 Å². The van der Waals surface area contributed by atoms with Crippen LogP contribution >= 0.6 is 0 Å². The Balaban J connectivity index is 2.69. The monoisotopic (exact) mass is 248 g/mol. The predicted octanol–water partition coefficient (Wildman–Crippen LogP) is 3.70. The van der Waals surface area contributed by atoms with Gasteiger partial charge in [0.05, 0.1) is 6.61 Å². The highest BCUT2D eigenvalue weighted by Gasteiger charge is 2.20. The second-order valence-electron chi connectivity index (χ2n) is 3.83. The summed E-state index contributed by atoms with van der Waals surface area (Å²) in [7, 11) is 0. The topological polar surface area (TPSA) is 39.4 Å². The summed E-state index contributed by atoms with van der Waals surface area (Å²) >= 11 is 0. The van der Waals surface area contributed by atoms with E-state index in [4.69, 9.17) is 9.15 Å². The van der Waals surface area contributed by atoms with Crippen molar-refractivity contribution < 1.29 is 18.3 Å². The first-order chi connectivity index (χ1) is 8.58. The van der Waals surface area contributed by atoms with Crippen LogP contribution in [0.5, 0.6) is 0 Å². The van der Waals surface area contributed by atoms with Crippen LogP contribution in [0.3, 0.4) is 0 Å². The van der Waals surface area contributed by atoms with Crippen molar-refractivity contribution in [1.29, 1.82) is 0 Å². The minimum absolute atomic E-state index is 0.278. The molecule has 0 saturated carbocycles. The molecule has 2 aromatic rings. The zero-order chi connectivity index (χ0) is 13.3. The summed E-state index contributed by atoms with van der Waals surface area (Å²) in [5, 5.41) is 0.544. The molecular formula is C14H13FO3. The molecule has 1 aromatic heterocycles. The van der Waals surface area contributed by atoms with Crippen LogP contribution < -0.4 is 0 Å². The molecule has 0 fully saturated rings. The number of halogens is 1. The maximum absolute atomic E-state index is 13.6. The lowest BCUT2D eigenvalue weighted by Crippen LogP contribution is -2.05. The van der Waals surface area contributed by atoms with Gasteiger partial charge in [0.1, 0.15) is 22.7 Å². The standard InChI is InChI=1S/C14H13FO3/c1-4-9-6-10-12(7-11(9)15)18-8(3)13(10)14(16)17-5-2/h4,6-7H,1,5H2,2-3H3. The van der Waals surface area contributed by atoms with Crippen molar-refractivity contribution in [3.05, 3.63) is 41.4 Å². The number of furan rings is 1. The Morgan fingerprint density at radius 1 is 1.56 bits per heavy atom. The van der Waals surface area contributed by atoms with Gasteiger partial charge in [0.25, 0.3) is 0 Å². The van der Waals surface area contributed by atoms with Crippen LogP contribution in [0, 0.1) is 12.7 Å². The molecule has 94 valence electrons. The number of aryl methyl sites for hydroxylation is 1. The SMILES string of the molecule is C=Cc1cc2c(C(=O)OCC)c(C)oc2cc1F. The van der Waals surface area contributed by atoms with Crippen LogP contribution in [-0.2, 0) is 4.74 Å². The number of benzene rings is 1. The zero-order valence-electron chi connectivity index (χ0n) is 10.2. The van der Waals surface area contributed by atoms with Gasteiger partial charge in [0.2, 0.25) is 0 Å². The van der Waals surface area contributed by atoms with E-state index in [1.54, 1.807) is 19.9 Å². The predicted molar refractivity (Wildman–Crippen MR) is 67.0 cm³/mol. The van der Waals surface area contributed by atoms with Gasteiger partial charge < -0.3 is 9.15 Å². The molecule has 0 N–H and O–H groups in total. The first kappa shape index (κ1) is 12.4. The molecule has 0 unspecified atom stereocenters. The average Bonchev–Trinajstić information content (AvgIpc) is 2.63. The van der Waals surface area contributed by atoms with Crippen molar-refractivity contribution in [3.8, 4) is 0 Å². The summed E-state index contributed by atoms with van der Waals surface area (Å²) in [6.07, 6.45) is 1.39. The highest BCUT2D eigenvalue weighted by molar-refractivity contribution is 6.05. The Kier molecular flexibility index (Phi) is 3.19. The molecule has 0 aliphatic rings. The lowest BCUT2D eigenvalue weighted by Gasteiger charge is -2.01. The van der Waals surface area contributed by atoms with Crippen LogP contribution in [-0.4, -0.2) is 12.6 Å². The quantitative estimate of drug-likeness (QED) is 0.777. The lowest BCUT2D eigenvalue weighted by molar-refractivity contribution is 0.0526. The number of fused-ring (bicyclic) bond motifs is 1. The minimum atomic E-state index is -0.463. The maximum atomic E-state index is 13.6. The van der Waals surface area contributed by atoms with Crippen LogP contribution in [0.4, 0.5) is 4.39 Å². The zero-order valence-corrected chi connectivity index (χ0v) is 10.2. The molecular weight excluding hydrogens is 235 g/mol. The summed E-state index contributed by atoms with van der Waals surface area (Å²) < 4.78 is 23.9. The number of hydrogen-bond donors (Lipinski definition) is 0. The Hall–Kier alpha value is -2.10. The number of esters is 1. The third-order valence-corrected chi connectivity index (χ3v) is 2.68. The molecule has 0 bridgehead atoms. The molecule has 1 aromatic carbocycles. The molecule has 18 heavy (non-hydrogen) atoms. The van der Waals surface area contributed by atoms with E-state index in [1.807, 2.05) is 0 Å². The van der Waals surface area contributed by atoms with Gasteiger partial charge in [0, 0.05) is 17.0 Å². The smallest absolute Gasteiger partial charge is 0.342 e. The molecule has 0 aliphatic heterocycles. The summed E-state index contributed by atoms with van der Waals surface area (Å²) in [6, 6.07) is 2.79. The van der Waals surface area contributed by atoms with Crippen molar-refractivity contribution in [2.75, 3.05) is 6.61 Å². The van der Waals surface area contributed by atoms with E-state index in [2.05, 4.69) is 6.58 Å². The van der Waals surface area contributed by atoms with Gasteiger partial charge in [-0.05, 0) is 19.9 Å². The van der Waals surface area contributed by atoms with E-state index >= 15 is 0 Å². The number of carbonyl (C=O) groups excluding carboxylic acids is 1. The summed E-state index contributed by atoms with van der Waals surface area (Å²) in [5.41, 5.74) is 1.00. The third-order valence-electron chi connectivity index (χ3n) is 2.68. The first-order valence-electron chi connectivity index (χ1n) is 5.60. The van der Waals surface area contributed by atoms with Crippen LogP contribution in [0.25, 0.3) is 17.0 Å². The van der Waals surface area contributed by atoms with Gasteiger partial charge in [-0.1, -0.05) is 12.7 Å². The fraction of sp³-hybridized carbons (Fsp3) is 0.214. The second-order valence-corrected chi connectivity index (χ2v) is 3.83. The van der Waals surface area contributed by atoms with E-state index < -0.39 is 11.8 Å². The Morgan fingerprint density at radius 2 is 2.28 bits per heavy atom. The van der Waals surface area contributed by atoms with Gasteiger partial charge in [-0.15, -0.1) is 0 Å². The van der Waals surface area contributed by atoms with Gasteiger partial charge in [-0.2, -0.15) is 0 Å². The minimum Gasteiger partial charge on any atom is -0.462 e. The molecule has 0 spiro atoms. The van der Waals surface area contributed by atoms with Crippen molar-refractivity contribution in [3.63, 3.8) is 0 Å². The number of ether oxygens (including phenoxy) is 1. The van der Waals surface area contributed by atoms with Crippen LogP contribution in [0.1, 0.15) is 28.6 Å². The van der Waals surface area contributed by atoms with E-state index in [1.165, 1.54) is 12.1 Å². The fourth-order valence-electron chi connectivity index (χ4n) is 1.87. The lowest BCUT2D eigenvalue weighted by atomic mass is 10.1. The highest BCUT2D eigenvalue weighted by Crippen LogP contribution is 2.29. The summed E-state index contributed by atoms with van der Waals surface area (Å²) in [4.78, 5) is 11.8. The molecule has 0 atom stereocenters.